The number of hydrogen-bond donors (Lipinski definition) is 1. The maximum Gasteiger partial charge on any atom is 0.274 e. The summed E-state index contributed by atoms with van der Waals surface area (Å²) < 4.78 is 10.8. The van der Waals surface area contributed by atoms with E-state index >= 15 is 0 Å². The van der Waals surface area contributed by atoms with Crippen LogP contribution in [0, 0.1) is 0 Å². The summed E-state index contributed by atoms with van der Waals surface area (Å²) in [5, 5.41) is 0. The summed E-state index contributed by atoms with van der Waals surface area (Å²) >= 11 is 0. The Morgan fingerprint density at radius 1 is 1.19 bits per heavy atom. The first-order valence-corrected chi connectivity index (χ1v) is 8.12. The van der Waals surface area contributed by atoms with E-state index in [2.05, 4.69) is 10.3 Å². The van der Waals surface area contributed by atoms with E-state index in [1.807, 2.05) is 24.3 Å². The van der Waals surface area contributed by atoms with Crippen LogP contribution in [0.2, 0.25) is 0 Å². The zero-order chi connectivity index (χ0) is 18.7. The van der Waals surface area contributed by atoms with Crippen molar-refractivity contribution in [3.8, 4) is 11.5 Å². The van der Waals surface area contributed by atoms with Crippen molar-refractivity contribution >= 4 is 17.5 Å². The average Bonchev–Trinajstić information content (AvgIpc) is 2.66. The summed E-state index contributed by atoms with van der Waals surface area (Å²) in [6.45, 7) is 2.07. The van der Waals surface area contributed by atoms with Crippen LogP contribution in [-0.4, -0.2) is 32.1 Å². The number of hydroxylamine groups is 1. The molecule has 1 aliphatic heterocycles. The molecule has 0 spiro atoms. The number of amides is 2. The minimum atomic E-state index is -0.598. The molecule has 26 heavy (non-hydrogen) atoms. The number of nitrogens with one attached hydrogen (secondary N) is 1. The molecule has 0 saturated carbocycles. The lowest BCUT2D eigenvalue weighted by Crippen LogP contribution is -2.44. The van der Waals surface area contributed by atoms with E-state index in [0.717, 1.165) is 11.3 Å². The molecule has 1 N–H and O–H groups in total. The fourth-order valence-corrected chi connectivity index (χ4v) is 2.78. The predicted octanol–water partition coefficient (Wildman–Crippen LogP) is 2.30. The van der Waals surface area contributed by atoms with Gasteiger partial charge in [-0.25, -0.2) is 5.48 Å². The molecule has 1 aliphatic rings. The number of carbonyl (C=O) groups is 2. The number of benzene rings is 2. The monoisotopic (exact) mass is 356 g/mol. The molecule has 1 atom stereocenters. The summed E-state index contributed by atoms with van der Waals surface area (Å²) in [4.78, 5) is 31.0. The summed E-state index contributed by atoms with van der Waals surface area (Å²) in [5.74, 6) is 0.734. The molecule has 7 heteroatoms. The van der Waals surface area contributed by atoms with Crippen LogP contribution in [0.5, 0.6) is 11.5 Å². The molecule has 0 saturated heterocycles. The van der Waals surface area contributed by atoms with Crippen molar-refractivity contribution in [3.63, 3.8) is 0 Å². The standard InChI is InChI=1S/C19H20N2O5/c1-12-19(23)21(11-13-4-7-15(24-2)8-5-13)16-10-14(18(22)20-25-3)6-9-17(16)26-12/h4-10,12H,11H2,1-3H3,(H,20,22)/t12-/m1/s1. The SMILES string of the molecule is CONC(=O)c1ccc2c(c1)N(Cc1ccc(OC)cc1)C(=O)[C@@H](C)O2. The molecule has 3 rings (SSSR count). The highest BCUT2D eigenvalue weighted by atomic mass is 16.6. The number of fused-ring (bicyclic) bond motifs is 1. The number of nitrogens with zero attached hydrogens (tertiary/aromatic N) is 1. The van der Waals surface area contributed by atoms with E-state index in [1.165, 1.54) is 7.11 Å². The Balaban J connectivity index is 1.94. The van der Waals surface area contributed by atoms with E-state index < -0.39 is 12.0 Å². The molecular weight excluding hydrogens is 336 g/mol. The van der Waals surface area contributed by atoms with E-state index in [4.69, 9.17) is 9.47 Å². The Kier molecular flexibility index (Phi) is 5.09. The number of rotatable bonds is 5. The smallest absolute Gasteiger partial charge is 0.274 e. The highest BCUT2D eigenvalue weighted by molar-refractivity contribution is 6.02. The topological polar surface area (TPSA) is 77.1 Å². The van der Waals surface area contributed by atoms with Crippen LogP contribution < -0.4 is 19.9 Å². The molecule has 0 aliphatic carbocycles. The van der Waals surface area contributed by atoms with E-state index in [0.29, 0.717) is 23.5 Å². The van der Waals surface area contributed by atoms with Crippen molar-refractivity contribution < 1.29 is 23.9 Å². The second kappa shape index (κ2) is 7.45. The predicted molar refractivity (Wildman–Crippen MR) is 95.2 cm³/mol. The molecule has 2 aromatic rings. The second-order valence-corrected chi connectivity index (χ2v) is 5.85. The van der Waals surface area contributed by atoms with Crippen LogP contribution >= 0.6 is 0 Å². The molecule has 0 radical (unpaired) electrons. The van der Waals surface area contributed by atoms with Gasteiger partial charge in [0.05, 0.1) is 26.5 Å². The molecule has 2 aromatic carbocycles. The Bertz CT molecular complexity index is 819. The normalized spacial score (nSPS) is 15.9. The van der Waals surface area contributed by atoms with Gasteiger partial charge < -0.3 is 14.4 Å². The zero-order valence-electron chi connectivity index (χ0n) is 14.8. The largest absolute Gasteiger partial charge is 0.497 e. The quantitative estimate of drug-likeness (QED) is 0.832. The van der Waals surface area contributed by atoms with Crippen molar-refractivity contribution in [2.45, 2.75) is 19.6 Å². The van der Waals surface area contributed by atoms with Gasteiger partial charge in [-0.1, -0.05) is 12.1 Å². The third-order valence-corrected chi connectivity index (χ3v) is 4.12. The Morgan fingerprint density at radius 3 is 2.58 bits per heavy atom. The molecule has 1 heterocycles. The van der Waals surface area contributed by atoms with Gasteiger partial charge in [0.2, 0.25) is 0 Å². The Hall–Kier alpha value is -3.06. The first-order chi connectivity index (χ1) is 12.5. The van der Waals surface area contributed by atoms with Gasteiger partial charge in [0.1, 0.15) is 11.5 Å². The number of hydrogen-bond acceptors (Lipinski definition) is 5. The summed E-state index contributed by atoms with van der Waals surface area (Å²) in [6.07, 6.45) is -0.598. The van der Waals surface area contributed by atoms with Crippen molar-refractivity contribution in [2.75, 3.05) is 19.1 Å². The zero-order valence-corrected chi connectivity index (χ0v) is 14.8. The third-order valence-electron chi connectivity index (χ3n) is 4.12. The number of methoxy groups -OCH3 is 1. The maximum atomic E-state index is 12.7. The minimum Gasteiger partial charge on any atom is -0.497 e. The van der Waals surface area contributed by atoms with Gasteiger partial charge in [0.15, 0.2) is 6.10 Å². The number of carbonyl (C=O) groups excluding carboxylic acids is 2. The molecule has 0 unspecified atom stereocenters. The highest BCUT2D eigenvalue weighted by Gasteiger charge is 2.32. The molecule has 136 valence electrons. The van der Waals surface area contributed by atoms with Gasteiger partial charge in [-0.3, -0.25) is 14.4 Å². The fraction of sp³-hybridized carbons (Fsp3) is 0.263. The summed E-state index contributed by atoms with van der Waals surface area (Å²) in [6, 6.07) is 12.4. The van der Waals surface area contributed by atoms with Crippen molar-refractivity contribution in [3.05, 3.63) is 53.6 Å². The molecule has 0 aromatic heterocycles. The van der Waals surface area contributed by atoms with Crippen molar-refractivity contribution in [1.29, 1.82) is 0 Å². The maximum absolute atomic E-state index is 12.7. The lowest BCUT2D eigenvalue weighted by Gasteiger charge is -2.33. The molecule has 7 nitrogen and oxygen atoms in total. The Morgan fingerprint density at radius 2 is 1.92 bits per heavy atom. The minimum absolute atomic E-state index is 0.169. The molecule has 0 fully saturated rings. The Labute approximate surface area is 151 Å². The van der Waals surface area contributed by atoms with Gasteiger partial charge in [-0.05, 0) is 42.8 Å². The van der Waals surface area contributed by atoms with Gasteiger partial charge in [0, 0.05) is 5.56 Å². The first-order valence-electron chi connectivity index (χ1n) is 8.12. The van der Waals surface area contributed by atoms with Crippen molar-refractivity contribution in [2.24, 2.45) is 0 Å². The van der Waals surface area contributed by atoms with Crippen LogP contribution in [0.15, 0.2) is 42.5 Å². The van der Waals surface area contributed by atoms with Gasteiger partial charge in [-0.15, -0.1) is 0 Å². The van der Waals surface area contributed by atoms with Crippen LogP contribution in [0.3, 0.4) is 0 Å². The van der Waals surface area contributed by atoms with E-state index in [-0.39, 0.29) is 5.91 Å². The fourth-order valence-electron chi connectivity index (χ4n) is 2.78. The average molecular weight is 356 g/mol. The number of ether oxygens (including phenoxy) is 2. The highest BCUT2D eigenvalue weighted by Crippen LogP contribution is 2.36. The van der Waals surface area contributed by atoms with Crippen LogP contribution in [0.1, 0.15) is 22.8 Å². The lowest BCUT2D eigenvalue weighted by atomic mass is 10.1. The van der Waals surface area contributed by atoms with Crippen molar-refractivity contribution in [1.82, 2.24) is 5.48 Å². The third kappa shape index (κ3) is 3.48. The first kappa shape index (κ1) is 17.8. The number of anilines is 1. The van der Waals surface area contributed by atoms with Gasteiger partial charge in [0.25, 0.3) is 11.8 Å². The van der Waals surface area contributed by atoms with Crippen LogP contribution in [0.25, 0.3) is 0 Å². The van der Waals surface area contributed by atoms with E-state index in [1.54, 1.807) is 37.1 Å². The van der Waals surface area contributed by atoms with Gasteiger partial charge in [-0.2, -0.15) is 0 Å². The molecule has 2 amide bonds. The van der Waals surface area contributed by atoms with Crippen LogP contribution in [0.4, 0.5) is 5.69 Å². The molecule has 0 bridgehead atoms. The van der Waals surface area contributed by atoms with E-state index in [9.17, 15) is 9.59 Å². The van der Waals surface area contributed by atoms with Gasteiger partial charge >= 0.3 is 0 Å². The molecular formula is C19H20N2O5. The second-order valence-electron chi connectivity index (χ2n) is 5.85. The lowest BCUT2D eigenvalue weighted by molar-refractivity contribution is -0.125. The summed E-state index contributed by atoms with van der Waals surface area (Å²) in [7, 11) is 2.96. The van der Waals surface area contributed by atoms with Crippen LogP contribution in [-0.2, 0) is 16.2 Å². The summed E-state index contributed by atoms with van der Waals surface area (Å²) in [5.41, 5.74) is 4.13.